The van der Waals surface area contributed by atoms with E-state index in [4.69, 9.17) is 0 Å². The van der Waals surface area contributed by atoms with E-state index in [-0.39, 0.29) is 5.56 Å². The van der Waals surface area contributed by atoms with Crippen LogP contribution in [-0.2, 0) is 6.54 Å². The van der Waals surface area contributed by atoms with Gasteiger partial charge in [0.05, 0.1) is 10.9 Å². The van der Waals surface area contributed by atoms with Crippen LogP contribution in [0.2, 0.25) is 0 Å². The van der Waals surface area contributed by atoms with E-state index >= 15 is 0 Å². The van der Waals surface area contributed by atoms with Gasteiger partial charge in [-0.05, 0) is 29.8 Å². The largest absolute Gasteiger partial charge is 0.363 e. The molecule has 2 N–H and O–H groups in total. The minimum Gasteiger partial charge on any atom is -0.363 e. The molecule has 0 unspecified atom stereocenters. The highest BCUT2D eigenvalue weighted by Gasteiger charge is 2.04. The van der Waals surface area contributed by atoms with Crippen LogP contribution in [0.25, 0.3) is 10.9 Å². The van der Waals surface area contributed by atoms with E-state index in [0.717, 1.165) is 11.4 Å². The first kappa shape index (κ1) is 14.1. The Kier molecular flexibility index (Phi) is 3.74. The molecule has 22 heavy (non-hydrogen) atoms. The van der Waals surface area contributed by atoms with Crippen LogP contribution >= 0.6 is 0 Å². The van der Waals surface area contributed by atoms with Gasteiger partial charge in [0.2, 0.25) is 5.95 Å². The van der Waals surface area contributed by atoms with Crippen molar-refractivity contribution >= 4 is 22.7 Å². The molecule has 0 amide bonds. The van der Waals surface area contributed by atoms with Crippen LogP contribution in [0.5, 0.6) is 0 Å². The molecule has 1 aromatic carbocycles. The molecule has 0 saturated carbocycles. The van der Waals surface area contributed by atoms with Crippen molar-refractivity contribution in [1.82, 2.24) is 15.0 Å². The third kappa shape index (κ3) is 2.90. The van der Waals surface area contributed by atoms with E-state index in [2.05, 4.69) is 20.3 Å². The van der Waals surface area contributed by atoms with Crippen molar-refractivity contribution in [3.63, 3.8) is 0 Å². The molecule has 2 aromatic heterocycles. The predicted octanol–water partition coefficient (Wildman–Crippen LogP) is 2.00. The number of H-pyrrole nitrogens is 1. The highest BCUT2D eigenvalue weighted by molar-refractivity contribution is 5.78. The Balaban J connectivity index is 1.82. The van der Waals surface area contributed by atoms with Gasteiger partial charge in [-0.1, -0.05) is 12.1 Å². The molecule has 0 fully saturated rings. The Morgan fingerprint density at radius 3 is 2.86 bits per heavy atom. The van der Waals surface area contributed by atoms with Crippen molar-refractivity contribution in [3.8, 4) is 0 Å². The van der Waals surface area contributed by atoms with Crippen LogP contribution in [0.15, 0.2) is 47.4 Å². The van der Waals surface area contributed by atoms with Crippen molar-refractivity contribution in [1.29, 1.82) is 0 Å². The van der Waals surface area contributed by atoms with Crippen molar-refractivity contribution in [2.24, 2.45) is 0 Å². The molecule has 0 bridgehead atoms. The van der Waals surface area contributed by atoms with Gasteiger partial charge in [-0.25, -0.2) is 9.97 Å². The Labute approximate surface area is 127 Å². The van der Waals surface area contributed by atoms with Gasteiger partial charge in [-0.2, -0.15) is 0 Å². The summed E-state index contributed by atoms with van der Waals surface area (Å²) in [4.78, 5) is 25.4. The Bertz CT molecular complexity index is 856. The summed E-state index contributed by atoms with van der Waals surface area (Å²) in [6.45, 7) is 0.560. The number of anilines is 2. The summed E-state index contributed by atoms with van der Waals surface area (Å²) in [5, 5.41) is 3.74. The lowest BCUT2D eigenvalue weighted by atomic mass is 10.2. The maximum atomic E-state index is 12.0. The first-order valence-electron chi connectivity index (χ1n) is 6.98. The van der Waals surface area contributed by atoms with E-state index < -0.39 is 0 Å². The number of aromatic amines is 1. The van der Waals surface area contributed by atoms with E-state index in [9.17, 15) is 4.79 Å². The van der Waals surface area contributed by atoms with Crippen LogP contribution in [0.4, 0.5) is 11.8 Å². The summed E-state index contributed by atoms with van der Waals surface area (Å²) < 4.78 is 0. The minimum absolute atomic E-state index is 0.142. The van der Waals surface area contributed by atoms with Crippen molar-refractivity contribution in [2.45, 2.75) is 6.54 Å². The second-order valence-corrected chi connectivity index (χ2v) is 5.20. The van der Waals surface area contributed by atoms with Gasteiger partial charge in [0.15, 0.2) is 0 Å². The zero-order valence-electron chi connectivity index (χ0n) is 12.5. The zero-order valence-corrected chi connectivity index (χ0v) is 12.5. The first-order valence-corrected chi connectivity index (χ1v) is 6.98. The lowest BCUT2D eigenvalue weighted by Gasteiger charge is -2.12. The minimum atomic E-state index is -0.142. The second kappa shape index (κ2) is 5.85. The SMILES string of the molecule is CN(C)c1cc(CNc2nc3ccccc3c(=O)[nH]2)ccn1. The summed E-state index contributed by atoms with van der Waals surface area (Å²) in [6, 6.07) is 11.2. The quantitative estimate of drug-likeness (QED) is 0.770. The highest BCUT2D eigenvalue weighted by atomic mass is 16.1. The average molecular weight is 295 g/mol. The zero-order chi connectivity index (χ0) is 15.5. The van der Waals surface area contributed by atoms with Gasteiger partial charge >= 0.3 is 0 Å². The lowest BCUT2D eigenvalue weighted by molar-refractivity contribution is 1.02. The van der Waals surface area contributed by atoms with Crippen LogP contribution in [-0.4, -0.2) is 29.0 Å². The number of nitrogens with zero attached hydrogens (tertiary/aromatic N) is 3. The smallest absolute Gasteiger partial charge is 0.260 e. The third-order valence-corrected chi connectivity index (χ3v) is 3.34. The number of hydrogen-bond acceptors (Lipinski definition) is 5. The van der Waals surface area contributed by atoms with Crippen LogP contribution in [0.3, 0.4) is 0 Å². The fourth-order valence-corrected chi connectivity index (χ4v) is 2.17. The number of rotatable bonds is 4. The topological polar surface area (TPSA) is 73.9 Å². The number of benzene rings is 1. The summed E-state index contributed by atoms with van der Waals surface area (Å²) in [7, 11) is 3.89. The molecule has 0 aliphatic carbocycles. The average Bonchev–Trinajstić information content (AvgIpc) is 2.53. The molecule has 2 heterocycles. The maximum absolute atomic E-state index is 12.0. The van der Waals surface area contributed by atoms with E-state index in [0.29, 0.717) is 23.4 Å². The molecule has 0 aliphatic rings. The fourth-order valence-electron chi connectivity index (χ4n) is 2.17. The summed E-state index contributed by atoms with van der Waals surface area (Å²) in [5.41, 5.74) is 1.60. The normalized spacial score (nSPS) is 10.6. The number of nitrogens with one attached hydrogen (secondary N) is 2. The molecule has 0 saturated heterocycles. The highest BCUT2D eigenvalue weighted by Crippen LogP contribution is 2.12. The summed E-state index contributed by atoms with van der Waals surface area (Å²) in [5.74, 6) is 1.35. The van der Waals surface area contributed by atoms with Gasteiger partial charge in [0.25, 0.3) is 5.56 Å². The standard InChI is InChI=1S/C16H17N5O/c1-21(2)14-9-11(7-8-17-14)10-18-16-19-13-6-4-3-5-12(13)15(22)20-16/h3-9H,10H2,1-2H3,(H2,18,19,20,22). The van der Waals surface area contributed by atoms with E-state index in [1.807, 2.05) is 49.3 Å². The van der Waals surface area contributed by atoms with Crippen molar-refractivity contribution in [2.75, 3.05) is 24.3 Å². The second-order valence-electron chi connectivity index (χ2n) is 5.20. The Morgan fingerprint density at radius 2 is 2.05 bits per heavy atom. The maximum Gasteiger partial charge on any atom is 0.260 e. The summed E-state index contributed by atoms with van der Waals surface area (Å²) in [6.07, 6.45) is 1.77. The van der Waals surface area contributed by atoms with Crippen LogP contribution in [0.1, 0.15) is 5.56 Å². The number of fused-ring (bicyclic) bond motifs is 1. The van der Waals surface area contributed by atoms with Gasteiger partial charge in [0.1, 0.15) is 5.82 Å². The third-order valence-electron chi connectivity index (χ3n) is 3.34. The number of pyridine rings is 1. The van der Waals surface area contributed by atoms with Crippen molar-refractivity contribution < 1.29 is 0 Å². The van der Waals surface area contributed by atoms with E-state index in [1.165, 1.54) is 0 Å². The molecule has 3 aromatic rings. The molecule has 6 heteroatoms. The first-order chi connectivity index (χ1) is 10.6. The molecule has 0 aliphatic heterocycles. The number of aromatic nitrogens is 3. The molecular formula is C16H17N5O. The van der Waals surface area contributed by atoms with Gasteiger partial charge in [-0.3, -0.25) is 9.78 Å². The van der Waals surface area contributed by atoms with Crippen LogP contribution < -0.4 is 15.8 Å². The molecular weight excluding hydrogens is 278 g/mol. The van der Waals surface area contributed by atoms with E-state index in [1.54, 1.807) is 12.3 Å². The van der Waals surface area contributed by atoms with Gasteiger partial charge < -0.3 is 10.2 Å². The molecule has 0 spiro atoms. The molecule has 0 radical (unpaired) electrons. The Morgan fingerprint density at radius 1 is 1.23 bits per heavy atom. The van der Waals surface area contributed by atoms with Gasteiger partial charge in [-0.15, -0.1) is 0 Å². The molecule has 0 atom stereocenters. The van der Waals surface area contributed by atoms with Crippen molar-refractivity contribution in [3.05, 3.63) is 58.5 Å². The predicted molar refractivity (Wildman–Crippen MR) is 88.3 cm³/mol. The number of hydrogen-bond donors (Lipinski definition) is 2. The van der Waals surface area contributed by atoms with Crippen LogP contribution in [0, 0.1) is 0 Å². The number of para-hydroxylation sites is 1. The molecule has 6 nitrogen and oxygen atoms in total. The molecule has 3 rings (SSSR count). The lowest BCUT2D eigenvalue weighted by Crippen LogP contribution is -2.14. The Hall–Kier alpha value is -2.89. The monoisotopic (exact) mass is 295 g/mol. The summed E-state index contributed by atoms with van der Waals surface area (Å²) >= 11 is 0. The molecule has 112 valence electrons. The fraction of sp³-hybridized carbons (Fsp3) is 0.188. The van der Waals surface area contributed by atoms with Gasteiger partial charge in [0, 0.05) is 26.8 Å².